The molecule has 2 rings (SSSR count). The fourth-order valence-corrected chi connectivity index (χ4v) is 2.68. The number of amides is 1. The predicted octanol–water partition coefficient (Wildman–Crippen LogP) is 4.21. The Balaban J connectivity index is 1.91. The van der Waals surface area contributed by atoms with Crippen molar-refractivity contribution in [1.29, 1.82) is 0 Å². The highest BCUT2D eigenvalue weighted by Crippen LogP contribution is 2.26. The number of nitrogens with zero attached hydrogens (tertiary/aromatic N) is 1. The zero-order valence-electron chi connectivity index (χ0n) is 14.5. The van der Waals surface area contributed by atoms with Crippen LogP contribution in [0.2, 0.25) is 5.02 Å². The van der Waals surface area contributed by atoms with E-state index in [1.54, 1.807) is 18.2 Å². The van der Waals surface area contributed by atoms with Gasteiger partial charge in [-0.15, -0.1) is 0 Å². The largest absolute Gasteiger partial charge is 0.496 e. The van der Waals surface area contributed by atoms with Gasteiger partial charge in [0.1, 0.15) is 5.75 Å². The summed E-state index contributed by atoms with van der Waals surface area (Å²) in [5.74, 6) is -0.803. The van der Waals surface area contributed by atoms with Crippen LogP contribution in [0.4, 0.5) is 11.4 Å². The number of rotatable bonds is 7. The van der Waals surface area contributed by atoms with E-state index >= 15 is 0 Å². The standard InChI is InChI=1S/C18H14BrClN2O6/c1-27-16-6-3-12(19)8-11(16)2-7-18(24)28-10-17(23)21-15-5-4-13(22(25)26)9-14(15)20/h2-9H,10H2,1H3,(H,21,23)/b7-2+. The number of carbonyl (C=O) groups is 2. The third-order valence-electron chi connectivity index (χ3n) is 3.37. The quantitative estimate of drug-likeness (QED) is 0.282. The van der Waals surface area contributed by atoms with Crippen molar-refractivity contribution in [1.82, 2.24) is 0 Å². The summed E-state index contributed by atoms with van der Waals surface area (Å²) in [4.78, 5) is 33.7. The van der Waals surface area contributed by atoms with Gasteiger partial charge in [0.15, 0.2) is 6.61 Å². The summed E-state index contributed by atoms with van der Waals surface area (Å²) in [5, 5.41) is 13.1. The van der Waals surface area contributed by atoms with Crippen LogP contribution in [0.15, 0.2) is 46.9 Å². The van der Waals surface area contributed by atoms with Gasteiger partial charge in [-0.3, -0.25) is 14.9 Å². The fraction of sp³-hybridized carbons (Fsp3) is 0.111. The van der Waals surface area contributed by atoms with E-state index in [0.29, 0.717) is 11.3 Å². The Morgan fingerprint density at radius 2 is 2.04 bits per heavy atom. The number of hydrogen-bond donors (Lipinski definition) is 1. The molecule has 0 aliphatic carbocycles. The number of ether oxygens (including phenoxy) is 2. The van der Waals surface area contributed by atoms with Crippen LogP contribution < -0.4 is 10.1 Å². The first kappa shape index (κ1) is 21.4. The Morgan fingerprint density at radius 1 is 1.29 bits per heavy atom. The zero-order valence-corrected chi connectivity index (χ0v) is 16.8. The predicted molar refractivity (Wildman–Crippen MR) is 107 cm³/mol. The Bertz CT molecular complexity index is 948. The topological polar surface area (TPSA) is 108 Å². The Kier molecular flexibility index (Phi) is 7.53. The lowest BCUT2D eigenvalue weighted by molar-refractivity contribution is -0.384. The number of hydrogen-bond acceptors (Lipinski definition) is 6. The van der Waals surface area contributed by atoms with Crippen molar-refractivity contribution in [2.24, 2.45) is 0 Å². The van der Waals surface area contributed by atoms with Crippen molar-refractivity contribution >= 4 is 56.9 Å². The summed E-state index contributed by atoms with van der Waals surface area (Å²) in [6, 6.07) is 8.88. The molecule has 0 unspecified atom stereocenters. The molecule has 0 saturated carbocycles. The van der Waals surface area contributed by atoms with E-state index in [1.165, 1.54) is 25.3 Å². The molecule has 0 saturated heterocycles. The second-order valence-electron chi connectivity index (χ2n) is 5.30. The number of nitrogens with one attached hydrogen (secondary N) is 1. The smallest absolute Gasteiger partial charge is 0.331 e. The number of nitro benzene ring substituents is 1. The maximum absolute atomic E-state index is 11.9. The summed E-state index contributed by atoms with van der Waals surface area (Å²) in [5.41, 5.74) is 0.612. The fourth-order valence-electron chi connectivity index (χ4n) is 2.08. The molecule has 1 amide bonds. The van der Waals surface area contributed by atoms with Crippen molar-refractivity contribution in [3.05, 3.63) is 67.6 Å². The average molecular weight is 470 g/mol. The molecule has 0 aliphatic rings. The molecular weight excluding hydrogens is 456 g/mol. The van der Waals surface area contributed by atoms with Gasteiger partial charge in [-0.25, -0.2) is 4.79 Å². The molecule has 1 N–H and O–H groups in total. The number of benzene rings is 2. The molecule has 0 heterocycles. The molecule has 0 fully saturated rings. The van der Waals surface area contributed by atoms with E-state index in [4.69, 9.17) is 21.1 Å². The minimum atomic E-state index is -0.730. The van der Waals surface area contributed by atoms with Crippen molar-refractivity contribution in [2.45, 2.75) is 0 Å². The lowest BCUT2D eigenvalue weighted by atomic mass is 10.2. The van der Waals surface area contributed by atoms with E-state index in [9.17, 15) is 19.7 Å². The highest BCUT2D eigenvalue weighted by molar-refractivity contribution is 9.10. The molecular formula is C18H14BrClN2O6. The monoisotopic (exact) mass is 468 g/mol. The van der Waals surface area contributed by atoms with E-state index in [1.807, 2.05) is 0 Å². The van der Waals surface area contributed by atoms with Crippen LogP contribution in [0.3, 0.4) is 0 Å². The summed E-state index contributed by atoms with van der Waals surface area (Å²) in [6.07, 6.45) is 2.66. The highest BCUT2D eigenvalue weighted by Gasteiger charge is 2.12. The molecule has 28 heavy (non-hydrogen) atoms. The van der Waals surface area contributed by atoms with E-state index in [2.05, 4.69) is 21.2 Å². The molecule has 10 heteroatoms. The number of non-ortho nitro benzene ring substituents is 1. The van der Waals surface area contributed by atoms with Crippen LogP contribution in [-0.4, -0.2) is 30.5 Å². The van der Waals surface area contributed by atoms with Crippen molar-refractivity contribution in [2.75, 3.05) is 19.0 Å². The van der Waals surface area contributed by atoms with E-state index in [-0.39, 0.29) is 16.4 Å². The van der Waals surface area contributed by atoms with Gasteiger partial charge in [0.25, 0.3) is 11.6 Å². The summed E-state index contributed by atoms with van der Waals surface area (Å²) in [6.45, 7) is -0.549. The van der Waals surface area contributed by atoms with Gasteiger partial charge in [0.05, 0.1) is 22.7 Å². The van der Waals surface area contributed by atoms with Gasteiger partial charge >= 0.3 is 5.97 Å². The summed E-state index contributed by atoms with van der Waals surface area (Å²) < 4.78 is 10.9. The Hall–Kier alpha value is -2.91. The number of methoxy groups -OCH3 is 1. The van der Waals surface area contributed by atoms with E-state index in [0.717, 1.165) is 16.6 Å². The SMILES string of the molecule is COc1ccc(Br)cc1/C=C/C(=O)OCC(=O)Nc1ccc([N+](=O)[O-])cc1Cl. The maximum atomic E-state index is 11.9. The third-order valence-corrected chi connectivity index (χ3v) is 4.18. The first-order chi connectivity index (χ1) is 13.3. The zero-order chi connectivity index (χ0) is 20.7. The highest BCUT2D eigenvalue weighted by atomic mass is 79.9. The third kappa shape index (κ3) is 6.07. The van der Waals surface area contributed by atoms with Crippen LogP contribution in [0.25, 0.3) is 6.08 Å². The minimum Gasteiger partial charge on any atom is -0.496 e. The molecule has 0 bridgehead atoms. The minimum absolute atomic E-state index is 0.00415. The Morgan fingerprint density at radius 3 is 2.68 bits per heavy atom. The van der Waals surface area contributed by atoms with Crippen molar-refractivity contribution in [3.8, 4) is 5.75 Å². The molecule has 0 spiro atoms. The van der Waals surface area contributed by atoms with Crippen LogP contribution in [0.5, 0.6) is 5.75 Å². The van der Waals surface area contributed by atoms with Gasteiger partial charge in [-0.1, -0.05) is 27.5 Å². The number of halogens is 2. The van der Waals surface area contributed by atoms with Crippen molar-refractivity contribution in [3.63, 3.8) is 0 Å². The van der Waals surface area contributed by atoms with E-state index < -0.39 is 23.4 Å². The molecule has 2 aromatic carbocycles. The van der Waals surface area contributed by atoms with Crippen LogP contribution in [0.1, 0.15) is 5.56 Å². The normalized spacial score (nSPS) is 10.5. The van der Waals surface area contributed by atoms with Gasteiger partial charge in [-0.2, -0.15) is 0 Å². The lowest BCUT2D eigenvalue weighted by Crippen LogP contribution is -2.20. The van der Waals surface area contributed by atoms with Crippen LogP contribution in [0, 0.1) is 10.1 Å². The molecule has 0 atom stereocenters. The van der Waals surface area contributed by atoms with Crippen LogP contribution >= 0.6 is 27.5 Å². The first-order valence-electron chi connectivity index (χ1n) is 7.72. The summed E-state index contributed by atoms with van der Waals surface area (Å²) >= 11 is 9.21. The number of carbonyl (C=O) groups excluding carboxylic acids is 2. The second-order valence-corrected chi connectivity index (χ2v) is 6.62. The summed E-state index contributed by atoms with van der Waals surface area (Å²) in [7, 11) is 1.51. The number of esters is 1. The van der Waals surface area contributed by atoms with Gasteiger partial charge in [0, 0.05) is 28.2 Å². The number of nitro groups is 1. The molecule has 2 aromatic rings. The van der Waals surface area contributed by atoms with Gasteiger partial charge in [-0.05, 0) is 30.3 Å². The second kappa shape index (κ2) is 9.86. The molecule has 8 nitrogen and oxygen atoms in total. The Labute approximate surface area is 173 Å². The van der Waals surface area contributed by atoms with Gasteiger partial charge in [0.2, 0.25) is 0 Å². The van der Waals surface area contributed by atoms with Crippen LogP contribution in [-0.2, 0) is 14.3 Å². The lowest BCUT2D eigenvalue weighted by Gasteiger charge is -2.07. The molecule has 0 aliphatic heterocycles. The first-order valence-corrected chi connectivity index (χ1v) is 8.89. The number of anilines is 1. The molecule has 146 valence electrons. The molecule has 0 aromatic heterocycles. The van der Waals surface area contributed by atoms with Gasteiger partial charge < -0.3 is 14.8 Å². The average Bonchev–Trinajstić information content (AvgIpc) is 2.66. The molecule has 0 radical (unpaired) electrons. The maximum Gasteiger partial charge on any atom is 0.331 e. The van der Waals surface area contributed by atoms with Crippen molar-refractivity contribution < 1.29 is 24.0 Å².